The number of carbonyl (C=O) groups is 1. The van der Waals surface area contributed by atoms with Crippen molar-refractivity contribution in [2.45, 2.75) is 12.6 Å². The lowest BCUT2D eigenvalue weighted by Gasteiger charge is -2.28. The fourth-order valence-electron chi connectivity index (χ4n) is 4.44. The number of methoxy groups -OCH3 is 1. The second-order valence-electron chi connectivity index (χ2n) is 8.75. The van der Waals surface area contributed by atoms with E-state index in [1.807, 2.05) is 24.4 Å². The van der Waals surface area contributed by atoms with E-state index < -0.39 is 6.10 Å². The Morgan fingerprint density at radius 3 is 2.56 bits per heavy atom. The third-order valence-electron chi connectivity index (χ3n) is 6.35. The van der Waals surface area contributed by atoms with Gasteiger partial charge in [-0.05, 0) is 42.5 Å². The second-order valence-corrected chi connectivity index (χ2v) is 8.75. The van der Waals surface area contributed by atoms with Gasteiger partial charge in [-0.3, -0.25) is 4.79 Å². The topological polar surface area (TPSA) is 60.3 Å². The van der Waals surface area contributed by atoms with E-state index in [-0.39, 0.29) is 5.78 Å². The minimum atomic E-state index is -0.406. The molecule has 0 radical (unpaired) electrons. The smallest absolute Gasteiger partial charge is 0.185 e. The Kier molecular flexibility index (Phi) is 7.05. The highest BCUT2D eigenvalue weighted by Crippen LogP contribution is 2.23. The van der Waals surface area contributed by atoms with Gasteiger partial charge >= 0.3 is 0 Å². The summed E-state index contributed by atoms with van der Waals surface area (Å²) in [5, 5.41) is 11.8. The normalized spacial score (nSPS) is 20.0. The molecule has 168 valence electrons. The van der Waals surface area contributed by atoms with Gasteiger partial charge in [0.1, 0.15) is 44.6 Å². The van der Waals surface area contributed by atoms with Crippen molar-refractivity contribution >= 4 is 22.8 Å². The molecule has 1 aliphatic heterocycles. The highest BCUT2D eigenvalue weighted by molar-refractivity contribution is 6.07. The molecular formula is C26H33N3O3+2. The zero-order valence-corrected chi connectivity index (χ0v) is 18.9. The van der Waals surface area contributed by atoms with E-state index in [4.69, 9.17) is 4.74 Å². The molecule has 2 heterocycles. The number of hydrogen-bond acceptors (Lipinski definition) is 3. The van der Waals surface area contributed by atoms with E-state index in [0.29, 0.717) is 12.1 Å². The van der Waals surface area contributed by atoms with Crippen molar-refractivity contribution in [3.05, 3.63) is 71.9 Å². The Labute approximate surface area is 189 Å². The highest BCUT2D eigenvalue weighted by atomic mass is 16.5. The summed E-state index contributed by atoms with van der Waals surface area (Å²) in [4.78, 5) is 15.7. The maximum atomic E-state index is 12.6. The zero-order valence-electron chi connectivity index (χ0n) is 18.9. The lowest BCUT2D eigenvalue weighted by Crippen LogP contribution is -3.27. The molecule has 0 aliphatic carbocycles. The third kappa shape index (κ3) is 5.27. The van der Waals surface area contributed by atoms with Crippen LogP contribution in [0.15, 0.2) is 60.8 Å². The van der Waals surface area contributed by atoms with Gasteiger partial charge in [0.15, 0.2) is 5.78 Å². The monoisotopic (exact) mass is 435 g/mol. The van der Waals surface area contributed by atoms with E-state index in [9.17, 15) is 9.90 Å². The lowest BCUT2D eigenvalue weighted by atomic mass is 10.1. The van der Waals surface area contributed by atoms with Crippen LogP contribution in [0.3, 0.4) is 0 Å². The number of rotatable bonds is 8. The van der Waals surface area contributed by atoms with Gasteiger partial charge in [0.05, 0.1) is 20.7 Å². The van der Waals surface area contributed by atoms with Crippen LogP contribution in [-0.4, -0.2) is 68.4 Å². The molecule has 1 aromatic heterocycles. The van der Waals surface area contributed by atoms with Crippen LogP contribution >= 0.6 is 0 Å². The third-order valence-corrected chi connectivity index (χ3v) is 6.35. The number of hydrogen-bond donors (Lipinski definition) is 3. The minimum absolute atomic E-state index is 0.0506. The van der Waals surface area contributed by atoms with Crippen LogP contribution in [0, 0.1) is 0 Å². The molecule has 0 bridgehead atoms. The Hall–Kier alpha value is -2.93. The Bertz CT molecular complexity index is 1080. The second kappa shape index (κ2) is 10.1. The van der Waals surface area contributed by atoms with Gasteiger partial charge in [0.25, 0.3) is 0 Å². The Morgan fingerprint density at radius 2 is 1.84 bits per heavy atom. The number of nitrogens with one attached hydrogen (secondary N) is 2. The Balaban J connectivity index is 1.48. The van der Waals surface area contributed by atoms with Gasteiger partial charge in [-0.1, -0.05) is 18.2 Å². The summed E-state index contributed by atoms with van der Waals surface area (Å²) in [6, 6.07) is 15.3. The molecule has 3 aromatic rings. The summed E-state index contributed by atoms with van der Waals surface area (Å²) in [5.41, 5.74) is 2.67. The number of ketones is 1. The lowest BCUT2D eigenvalue weighted by molar-refractivity contribution is -1.00. The number of likely N-dealkylation sites (N-methyl/N-ethyl adjacent to an activating group) is 1. The van der Waals surface area contributed by atoms with Crippen molar-refractivity contribution in [1.29, 1.82) is 0 Å². The van der Waals surface area contributed by atoms with Gasteiger partial charge in [0.2, 0.25) is 0 Å². The molecule has 6 heteroatoms. The molecular weight excluding hydrogens is 402 g/mol. The first-order valence-corrected chi connectivity index (χ1v) is 11.3. The van der Waals surface area contributed by atoms with Crippen molar-refractivity contribution in [2.24, 2.45) is 0 Å². The summed E-state index contributed by atoms with van der Waals surface area (Å²) in [7, 11) is 3.84. The zero-order chi connectivity index (χ0) is 22.5. The molecule has 1 aliphatic rings. The number of aromatic nitrogens is 1. The van der Waals surface area contributed by atoms with E-state index >= 15 is 0 Å². The fourth-order valence-corrected chi connectivity index (χ4v) is 4.44. The maximum Gasteiger partial charge on any atom is 0.185 e. The maximum absolute atomic E-state index is 12.6. The number of ether oxygens (including phenoxy) is 1. The number of aliphatic hydroxyl groups excluding tert-OH is 1. The number of aliphatic hydroxyl groups is 1. The molecule has 4 rings (SSSR count). The standard InChI is InChI=1S/C26H31N3O3/c1-27-13-15-28(16-14-27)18-22(30)19-29-17-21(24-5-3-4-6-25(24)29)9-12-26(31)20-7-10-23(32-2)11-8-20/h3-12,17,22,30H,13-16,18-19H2,1-2H3/p+2/b12-9+/t22-/m0/s1. The molecule has 2 aromatic carbocycles. The van der Waals surface area contributed by atoms with Crippen LogP contribution < -0.4 is 14.5 Å². The molecule has 32 heavy (non-hydrogen) atoms. The van der Waals surface area contributed by atoms with Crippen LogP contribution in [-0.2, 0) is 6.54 Å². The van der Waals surface area contributed by atoms with Crippen LogP contribution in [0.1, 0.15) is 15.9 Å². The van der Waals surface area contributed by atoms with Crippen LogP contribution in [0.4, 0.5) is 0 Å². The van der Waals surface area contributed by atoms with E-state index in [2.05, 4.69) is 23.7 Å². The minimum Gasteiger partial charge on any atom is -0.497 e. The summed E-state index contributed by atoms with van der Waals surface area (Å²) in [5.74, 6) is 0.678. The van der Waals surface area contributed by atoms with Gasteiger partial charge in [-0.2, -0.15) is 0 Å². The molecule has 6 nitrogen and oxygen atoms in total. The van der Waals surface area contributed by atoms with Gasteiger partial charge < -0.3 is 24.2 Å². The molecule has 0 amide bonds. The van der Waals surface area contributed by atoms with E-state index in [1.165, 1.54) is 4.90 Å². The number of nitrogens with zero attached hydrogens (tertiary/aromatic N) is 1. The van der Waals surface area contributed by atoms with Gasteiger partial charge in [0, 0.05) is 28.2 Å². The van der Waals surface area contributed by atoms with Crippen LogP contribution in [0.5, 0.6) is 5.75 Å². The van der Waals surface area contributed by atoms with Crippen molar-refractivity contribution in [1.82, 2.24) is 4.57 Å². The number of allylic oxidation sites excluding steroid dienone is 1. The number of benzene rings is 2. The summed E-state index contributed by atoms with van der Waals surface area (Å²) < 4.78 is 7.27. The molecule has 3 N–H and O–H groups in total. The predicted molar refractivity (Wildman–Crippen MR) is 126 cm³/mol. The number of quaternary nitrogens is 2. The molecule has 0 spiro atoms. The number of fused-ring (bicyclic) bond motifs is 1. The summed E-state index contributed by atoms with van der Waals surface area (Å²) in [6.45, 7) is 5.85. The molecule has 0 saturated carbocycles. The fraction of sp³-hybridized carbons (Fsp3) is 0.346. The van der Waals surface area contributed by atoms with Crippen molar-refractivity contribution in [3.8, 4) is 5.75 Å². The van der Waals surface area contributed by atoms with E-state index in [0.717, 1.165) is 54.9 Å². The van der Waals surface area contributed by atoms with Crippen molar-refractivity contribution < 1.29 is 24.4 Å². The summed E-state index contributed by atoms with van der Waals surface area (Å²) >= 11 is 0. The number of para-hydroxylation sites is 1. The largest absolute Gasteiger partial charge is 0.497 e. The van der Waals surface area contributed by atoms with Crippen molar-refractivity contribution in [3.63, 3.8) is 0 Å². The quantitative estimate of drug-likeness (QED) is 0.353. The first-order valence-electron chi connectivity index (χ1n) is 11.3. The summed E-state index contributed by atoms with van der Waals surface area (Å²) in [6.07, 6.45) is 5.11. The molecule has 1 fully saturated rings. The SMILES string of the molecule is COc1ccc(C(=O)/C=C/c2cn(C[C@@H](O)C[NH+]3CC[NH+](C)CC3)c3ccccc23)cc1. The van der Waals surface area contributed by atoms with Gasteiger partial charge in [-0.15, -0.1) is 0 Å². The Morgan fingerprint density at radius 1 is 1.12 bits per heavy atom. The molecule has 1 atom stereocenters. The number of carbonyl (C=O) groups excluding carboxylic acids is 1. The molecule has 0 unspecified atom stereocenters. The average molecular weight is 436 g/mol. The first kappa shape index (κ1) is 22.3. The van der Waals surface area contributed by atoms with Crippen molar-refractivity contribution in [2.75, 3.05) is 46.9 Å². The predicted octanol–water partition coefficient (Wildman–Crippen LogP) is 0.320. The van der Waals surface area contributed by atoms with Crippen LogP contribution in [0.2, 0.25) is 0 Å². The first-order chi connectivity index (χ1) is 15.5. The number of piperazine rings is 1. The highest BCUT2D eigenvalue weighted by Gasteiger charge is 2.23. The molecule has 1 saturated heterocycles. The average Bonchev–Trinajstić information content (AvgIpc) is 3.16. The van der Waals surface area contributed by atoms with Crippen LogP contribution in [0.25, 0.3) is 17.0 Å². The van der Waals surface area contributed by atoms with E-state index in [1.54, 1.807) is 42.4 Å². The van der Waals surface area contributed by atoms with Gasteiger partial charge in [-0.25, -0.2) is 0 Å².